The smallest absolute Gasteiger partial charge is 0.330 e. The Morgan fingerprint density at radius 3 is 3.00 bits per heavy atom. The van der Waals surface area contributed by atoms with Crippen molar-refractivity contribution in [3.63, 3.8) is 0 Å². The molecule has 1 saturated heterocycles. The highest BCUT2D eigenvalue weighted by Gasteiger charge is 2.29. The average Bonchev–Trinajstić information content (AvgIpc) is 2.18. The number of hydrogen-bond acceptors (Lipinski definition) is 4. The minimum Gasteiger partial charge on any atom is -0.464 e. The first-order valence-electron chi connectivity index (χ1n) is 4.56. The zero-order valence-electron chi connectivity index (χ0n) is 7.73. The van der Waals surface area contributed by atoms with Crippen molar-refractivity contribution in [1.82, 2.24) is 5.01 Å². The van der Waals surface area contributed by atoms with Crippen LogP contribution in [0.2, 0.25) is 0 Å². The first-order valence-corrected chi connectivity index (χ1v) is 4.56. The molecule has 1 heterocycles. The van der Waals surface area contributed by atoms with E-state index in [1.54, 1.807) is 6.92 Å². The van der Waals surface area contributed by atoms with Crippen molar-refractivity contribution in [3.05, 3.63) is 4.91 Å². The van der Waals surface area contributed by atoms with E-state index in [0.717, 1.165) is 12.8 Å². The van der Waals surface area contributed by atoms with E-state index in [0.29, 0.717) is 19.6 Å². The average molecular weight is 186 g/mol. The van der Waals surface area contributed by atoms with Crippen LogP contribution in [-0.4, -0.2) is 30.2 Å². The number of esters is 1. The second kappa shape index (κ2) is 4.79. The molecule has 1 aliphatic rings. The lowest BCUT2D eigenvalue weighted by Gasteiger charge is -2.28. The van der Waals surface area contributed by atoms with Crippen LogP contribution in [0.5, 0.6) is 0 Å². The van der Waals surface area contributed by atoms with Crippen molar-refractivity contribution in [2.45, 2.75) is 32.2 Å². The van der Waals surface area contributed by atoms with Gasteiger partial charge in [0.05, 0.1) is 11.9 Å². The monoisotopic (exact) mass is 186 g/mol. The Morgan fingerprint density at radius 1 is 1.62 bits per heavy atom. The fourth-order valence-electron chi connectivity index (χ4n) is 1.49. The highest BCUT2D eigenvalue weighted by molar-refractivity contribution is 5.75. The molecule has 13 heavy (non-hydrogen) atoms. The number of ether oxygens (including phenoxy) is 1. The van der Waals surface area contributed by atoms with Crippen LogP contribution in [0.1, 0.15) is 26.2 Å². The molecule has 5 nitrogen and oxygen atoms in total. The van der Waals surface area contributed by atoms with Gasteiger partial charge in [0.1, 0.15) is 6.04 Å². The lowest BCUT2D eigenvalue weighted by molar-refractivity contribution is -0.150. The minimum atomic E-state index is -0.453. The number of nitroso groups, excluding NO2 is 1. The van der Waals surface area contributed by atoms with E-state index in [-0.39, 0.29) is 5.97 Å². The van der Waals surface area contributed by atoms with Crippen LogP contribution >= 0.6 is 0 Å². The fraction of sp³-hybridized carbons (Fsp3) is 0.875. The van der Waals surface area contributed by atoms with Crippen LogP contribution < -0.4 is 0 Å². The Bertz CT molecular complexity index is 196. The highest BCUT2D eigenvalue weighted by atomic mass is 16.5. The van der Waals surface area contributed by atoms with Gasteiger partial charge in [-0.25, -0.2) is 9.80 Å². The number of piperidine rings is 1. The Morgan fingerprint density at radius 2 is 2.38 bits per heavy atom. The summed E-state index contributed by atoms with van der Waals surface area (Å²) in [6.45, 7) is 2.66. The summed E-state index contributed by atoms with van der Waals surface area (Å²) < 4.78 is 4.83. The summed E-state index contributed by atoms with van der Waals surface area (Å²) in [5.41, 5.74) is 0. The lowest BCUT2D eigenvalue weighted by atomic mass is 10.0. The molecule has 0 spiro atoms. The van der Waals surface area contributed by atoms with Crippen LogP contribution in [-0.2, 0) is 9.53 Å². The van der Waals surface area contributed by atoms with Crippen LogP contribution in [0.4, 0.5) is 0 Å². The van der Waals surface area contributed by atoms with Crippen molar-refractivity contribution >= 4 is 5.97 Å². The van der Waals surface area contributed by atoms with Gasteiger partial charge in [0, 0.05) is 6.54 Å². The molecule has 5 heteroatoms. The van der Waals surface area contributed by atoms with E-state index in [1.165, 1.54) is 5.01 Å². The molecule has 0 amide bonds. The van der Waals surface area contributed by atoms with Crippen LogP contribution in [0, 0.1) is 4.91 Å². The molecule has 0 N–H and O–H groups in total. The van der Waals surface area contributed by atoms with Gasteiger partial charge in [-0.1, -0.05) is 0 Å². The van der Waals surface area contributed by atoms with E-state index >= 15 is 0 Å². The first-order chi connectivity index (χ1) is 6.29. The fourth-order valence-corrected chi connectivity index (χ4v) is 1.49. The maximum absolute atomic E-state index is 11.3. The molecule has 0 aromatic carbocycles. The molecule has 1 fully saturated rings. The van der Waals surface area contributed by atoms with Crippen molar-refractivity contribution in [3.8, 4) is 0 Å². The SMILES string of the molecule is CCOC(=O)[C@@H]1CCCCN1N=O. The second-order valence-electron chi connectivity index (χ2n) is 3.01. The minimum absolute atomic E-state index is 0.332. The molecule has 1 aliphatic heterocycles. The topological polar surface area (TPSA) is 59.0 Å². The third kappa shape index (κ3) is 2.40. The summed E-state index contributed by atoms with van der Waals surface area (Å²) in [5.74, 6) is -0.332. The van der Waals surface area contributed by atoms with Gasteiger partial charge in [-0.2, -0.15) is 0 Å². The van der Waals surface area contributed by atoms with Gasteiger partial charge in [-0.15, -0.1) is 4.91 Å². The number of hydrogen-bond donors (Lipinski definition) is 0. The maximum atomic E-state index is 11.3. The van der Waals surface area contributed by atoms with Crippen molar-refractivity contribution < 1.29 is 9.53 Å². The summed E-state index contributed by atoms with van der Waals surface area (Å²) in [6.07, 6.45) is 2.54. The van der Waals surface area contributed by atoms with E-state index < -0.39 is 6.04 Å². The molecule has 0 saturated carbocycles. The zero-order chi connectivity index (χ0) is 9.68. The van der Waals surface area contributed by atoms with Gasteiger partial charge in [0.2, 0.25) is 0 Å². The van der Waals surface area contributed by atoms with Crippen molar-refractivity contribution in [2.75, 3.05) is 13.2 Å². The Hall–Kier alpha value is -1.13. The molecule has 1 atom stereocenters. The largest absolute Gasteiger partial charge is 0.464 e. The van der Waals surface area contributed by atoms with Gasteiger partial charge in [0.25, 0.3) is 0 Å². The van der Waals surface area contributed by atoms with E-state index in [4.69, 9.17) is 4.74 Å². The maximum Gasteiger partial charge on any atom is 0.330 e. The van der Waals surface area contributed by atoms with Crippen LogP contribution in [0.25, 0.3) is 0 Å². The van der Waals surface area contributed by atoms with E-state index in [2.05, 4.69) is 5.29 Å². The standard InChI is InChI=1S/C8H14N2O3/c1-2-13-8(11)7-5-3-4-6-10(7)9-12/h7H,2-6H2,1H3/t7-/m0/s1. The number of nitrogens with zero attached hydrogens (tertiary/aromatic N) is 2. The van der Waals surface area contributed by atoms with Gasteiger partial charge in [-0.3, -0.25) is 0 Å². The third-order valence-electron chi connectivity index (χ3n) is 2.14. The van der Waals surface area contributed by atoms with Gasteiger partial charge >= 0.3 is 5.97 Å². The molecular weight excluding hydrogens is 172 g/mol. The molecule has 74 valence electrons. The molecule has 0 bridgehead atoms. The molecule has 0 unspecified atom stereocenters. The first kappa shape index (κ1) is 9.95. The second-order valence-corrected chi connectivity index (χ2v) is 3.01. The molecule has 0 aliphatic carbocycles. The summed E-state index contributed by atoms with van der Waals surface area (Å²) in [6, 6.07) is -0.453. The van der Waals surface area contributed by atoms with Crippen LogP contribution in [0.15, 0.2) is 5.29 Å². The summed E-state index contributed by atoms with van der Waals surface area (Å²) >= 11 is 0. The molecule has 0 radical (unpaired) electrons. The predicted octanol–water partition coefficient (Wildman–Crippen LogP) is 1.09. The normalized spacial score (nSPS) is 22.5. The van der Waals surface area contributed by atoms with E-state index in [1.807, 2.05) is 0 Å². The molecule has 0 aromatic heterocycles. The quantitative estimate of drug-likeness (QED) is 0.489. The third-order valence-corrected chi connectivity index (χ3v) is 2.14. The van der Waals surface area contributed by atoms with Crippen LogP contribution in [0.3, 0.4) is 0 Å². The molecule has 0 aromatic rings. The van der Waals surface area contributed by atoms with Crippen molar-refractivity contribution in [2.24, 2.45) is 5.29 Å². The highest BCUT2D eigenvalue weighted by Crippen LogP contribution is 2.17. The van der Waals surface area contributed by atoms with Gasteiger partial charge < -0.3 is 4.74 Å². The Labute approximate surface area is 77.0 Å². The predicted molar refractivity (Wildman–Crippen MR) is 46.8 cm³/mol. The van der Waals surface area contributed by atoms with Crippen molar-refractivity contribution in [1.29, 1.82) is 0 Å². The summed E-state index contributed by atoms with van der Waals surface area (Å²) in [5, 5.41) is 4.09. The summed E-state index contributed by atoms with van der Waals surface area (Å²) in [4.78, 5) is 21.7. The Balaban J connectivity index is 2.53. The lowest BCUT2D eigenvalue weighted by Crippen LogP contribution is -2.42. The number of carbonyl (C=O) groups is 1. The Kier molecular flexibility index (Phi) is 3.67. The molecule has 1 rings (SSSR count). The molecular formula is C8H14N2O3. The van der Waals surface area contributed by atoms with Gasteiger partial charge in [0.15, 0.2) is 0 Å². The number of carbonyl (C=O) groups excluding carboxylic acids is 1. The van der Waals surface area contributed by atoms with E-state index in [9.17, 15) is 9.70 Å². The number of rotatable bonds is 3. The van der Waals surface area contributed by atoms with Gasteiger partial charge in [-0.05, 0) is 26.2 Å². The summed E-state index contributed by atoms with van der Waals surface area (Å²) in [7, 11) is 0. The zero-order valence-corrected chi connectivity index (χ0v) is 7.73.